The summed E-state index contributed by atoms with van der Waals surface area (Å²) in [7, 11) is 1.58. The number of carbonyl (C=O) groups is 2. The van der Waals surface area contributed by atoms with Crippen molar-refractivity contribution in [1.29, 1.82) is 0 Å². The van der Waals surface area contributed by atoms with Crippen molar-refractivity contribution in [2.24, 2.45) is 0 Å². The first-order valence-electron chi connectivity index (χ1n) is 8.95. The highest BCUT2D eigenvalue weighted by atomic mass is 35.5. The first-order chi connectivity index (χ1) is 13.9. The number of ether oxygens (including phenoxy) is 3. The minimum absolute atomic E-state index is 0.0242. The van der Waals surface area contributed by atoms with E-state index in [0.29, 0.717) is 28.1 Å². The predicted octanol–water partition coefficient (Wildman–Crippen LogP) is 4.61. The summed E-state index contributed by atoms with van der Waals surface area (Å²) in [4.78, 5) is 27.9. The van der Waals surface area contributed by atoms with Crippen LogP contribution in [-0.4, -0.2) is 30.0 Å². The van der Waals surface area contributed by atoms with Crippen LogP contribution in [0.4, 0.5) is 0 Å². The molecular weight excluding hydrogens is 394 g/mol. The highest BCUT2D eigenvalue weighted by Crippen LogP contribution is 2.25. The Kier molecular flexibility index (Phi) is 6.34. The van der Waals surface area contributed by atoms with Gasteiger partial charge in [0, 0.05) is 22.6 Å². The van der Waals surface area contributed by atoms with E-state index in [0.717, 1.165) is 5.39 Å². The second kappa shape index (κ2) is 8.92. The molecule has 0 aliphatic carbocycles. The van der Waals surface area contributed by atoms with Crippen molar-refractivity contribution >= 4 is 34.3 Å². The van der Waals surface area contributed by atoms with E-state index < -0.39 is 12.1 Å². The maximum Gasteiger partial charge on any atom is 0.347 e. The molecule has 0 aliphatic heterocycles. The summed E-state index contributed by atoms with van der Waals surface area (Å²) in [6, 6.07) is 13.8. The molecule has 0 saturated heterocycles. The Labute approximate surface area is 173 Å². The van der Waals surface area contributed by atoms with Crippen LogP contribution in [0.2, 0.25) is 5.15 Å². The molecule has 0 unspecified atom stereocenters. The third-order valence-corrected chi connectivity index (χ3v) is 4.65. The quantitative estimate of drug-likeness (QED) is 0.320. The van der Waals surface area contributed by atoms with Crippen molar-refractivity contribution in [3.05, 3.63) is 64.8 Å². The number of hydrogen-bond donors (Lipinski definition) is 0. The average Bonchev–Trinajstić information content (AvgIpc) is 2.71. The SMILES string of the molecule is COc1ccc2cc(COC(=O)[C@@H](C)Oc3ccc(C(C)=O)cc3)c(Cl)nc2c1. The van der Waals surface area contributed by atoms with Crippen molar-refractivity contribution in [1.82, 2.24) is 4.98 Å². The van der Waals surface area contributed by atoms with Gasteiger partial charge in [0.2, 0.25) is 0 Å². The van der Waals surface area contributed by atoms with Crippen LogP contribution in [0.1, 0.15) is 29.8 Å². The van der Waals surface area contributed by atoms with Gasteiger partial charge in [-0.3, -0.25) is 4.79 Å². The maximum atomic E-state index is 12.3. The van der Waals surface area contributed by atoms with Crippen LogP contribution in [-0.2, 0) is 16.1 Å². The molecule has 7 heteroatoms. The molecule has 0 saturated carbocycles. The van der Waals surface area contributed by atoms with Gasteiger partial charge in [0.25, 0.3) is 0 Å². The summed E-state index contributed by atoms with van der Waals surface area (Å²) >= 11 is 6.23. The number of esters is 1. The smallest absolute Gasteiger partial charge is 0.347 e. The Balaban J connectivity index is 1.63. The van der Waals surface area contributed by atoms with Crippen molar-refractivity contribution in [3.8, 4) is 11.5 Å². The van der Waals surface area contributed by atoms with Gasteiger partial charge in [0.1, 0.15) is 23.3 Å². The Bertz CT molecular complexity index is 1050. The van der Waals surface area contributed by atoms with Gasteiger partial charge in [-0.1, -0.05) is 11.6 Å². The molecule has 3 rings (SSSR count). The van der Waals surface area contributed by atoms with E-state index >= 15 is 0 Å². The molecule has 0 aliphatic rings. The lowest BCUT2D eigenvalue weighted by Crippen LogP contribution is -2.26. The van der Waals surface area contributed by atoms with Crippen LogP contribution >= 0.6 is 11.6 Å². The standard InChI is InChI=1S/C22H20ClNO5/c1-13(25)15-4-7-18(8-5-15)29-14(2)22(26)28-12-17-10-16-6-9-19(27-3)11-20(16)24-21(17)23/h4-11,14H,12H2,1-3H3/t14-/m1/s1. The van der Waals surface area contributed by atoms with Crippen molar-refractivity contribution in [2.45, 2.75) is 26.6 Å². The molecule has 0 bridgehead atoms. The minimum atomic E-state index is -0.824. The van der Waals surface area contributed by atoms with Crippen molar-refractivity contribution < 1.29 is 23.8 Å². The summed E-state index contributed by atoms with van der Waals surface area (Å²) in [5, 5.41) is 1.11. The Hall–Kier alpha value is -3.12. The maximum absolute atomic E-state index is 12.3. The first kappa shape index (κ1) is 20.6. The second-order valence-corrected chi connectivity index (χ2v) is 6.80. The van der Waals surface area contributed by atoms with Gasteiger partial charge < -0.3 is 14.2 Å². The predicted molar refractivity (Wildman–Crippen MR) is 110 cm³/mol. The largest absolute Gasteiger partial charge is 0.497 e. The number of benzene rings is 2. The van der Waals surface area contributed by atoms with Crippen LogP contribution in [0.15, 0.2) is 48.5 Å². The number of ketones is 1. The van der Waals surface area contributed by atoms with Crippen LogP contribution in [0.3, 0.4) is 0 Å². The second-order valence-electron chi connectivity index (χ2n) is 6.45. The molecule has 2 aromatic carbocycles. The number of halogens is 1. The van der Waals surface area contributed by atoms with Crippen LogP contribution in [0, 0.1) is 0 Å². The number of aromatic nitrogens is 1. The third kappa shape index (κ3) is 5.03. The van der Waals surface area contributed by atoms with Gasteiger partial charge in [-0.25, -0.2) is 9.78 Å². The average molecular weight is 414 g/mol. The zero-order valence-corrected chi connectivity index (χ0v) is 17.0. The summed E-state index contributed by atoms with van der Waals surface area (Å²) in [6.45, 7) is 3.05. The zero-order chi connectivity index (χ0) is 21.0. The molecule has 1 heterocycles. The topological polar surface area (TPSA) is 74.7 Å². The molecule has 29 heavy (non-hydrogen) atoms. The van der Waals surface area contributed by atoms with E-state index in [2.05, 4.69) is 4.98 Å². The number of nitrogens with zero attached hydrogens (tertiary/aromatic N) is 1. The van der Waals surface area contributed by atoms with E-state index in [1.165, 1.54) is 6.92 Å². The fourth-order valence-electron chi connectivity index (χ4n) is 2.68. The van der Waals surface area contributed by atoms with Crippen LogP contribution in [0.5, 0.6) is 11.5 Å². The lowest BCUT2D eigenvalue weighted by molar-refractivity contribution is -0.152. The van der Waals surface area contributed by atoms with E-state index in [9.17, 15) is 9.59 Å². The van der Waals surface area contributed by atoms with Crippen molar-refractivity contribution in [2.75, 3.05) is 7.11 Å². The van der Waals surface area contributed by atoms with Crippen molar-refractivity contribution in [3.63, 3.8) is 0 Å². The molecule has 0 spiro atoms. The van der Waals surface area contributed by atoms with E-state index in [-0.39, 0.29) is 17.5 Å². The van der Waals surface area contributed by atoms with Gasteiger partial charge in [0.15, 0.2) is 11.9 Å². The van der Waals surface area contributed by atoms with E-state index in [1.807, 2.05) is 18.2 Å². The fraction of sp³-hybridized carbons (Fsp3) is 0.227. The Morgan fingerprint density at radius 1 is 1.07 bits per heavy atom. The molecular formula is C22H20ClNO5. The van der Waals surface area contributed by atoms with E-state index in [1.54, 1.807) is 44.4 Å². The number of pyridine rings is 1. The third-order valence-electron chi connectivity index (χ3n) is 4.33. The molecule has 0 fully saturated rings. The molecule has 0 radical (unpaired) electrons. The molecule has 0 N–H and O–H groups in total. The van der Waals surface area contributed by atoms with E-state index in [4.69, 9.17) is 25.8 Å². The highest BCUT2D eigenvalue weighted by Gasteiger charge is 2.18. The number of rotatable bonds is 7. The monoisotopic (exact) mass is 413 g/mol. The number of fused-ring (bicyclic) bond motifs is 1. The summed E-state index contributed by atoms with van der Waals surface area (Å²) < 4.78 is 16.1. The minimum Gasteiger partial charge on any atom is -0.497 e. The molecule has 0 amide bonds. The van der Waals surface area contributed by atoms with Gasteiger partial charge in [-0.05, 0) is 56.3 Å². The van der Waals surface area contributed by atoms with Gasteiger partial charge >= 0.3 is 5.97 Å². The van der Waals surface area contributed by atoms with Gasteiger partial charge in [0.05, 0.1) is 12.6 Å². The molecule has 1 atom stereocenters. The lowest BCUT2D eigenvalue weighted by atomic mass is 10.1. The van der Waals surface area contributed by atoms with Gasteiger partial charge in [-0.15, -0.1) is 0 Å². The fourth-order valence-corrected chi connectivity index (χ4v) is 2.88. The Morgan fingerprint density at radius 2 is 1.76 bits per heavy atom. The molecule has 150 valence electrons. The number of methoxy groups -OCH3 is 1. The molecule has 3 aromatic rings. The number of carbonyl (C=O) groups excluding carboxylic acids is 2. The number of Topliss-reactive ketones (excluding diaryl/α,β-unsaturated/α-hetero) is 1. The number of hydrogen-bond acceptors (Lipinski definition) is 6. The Morgan fingerprint density at radius 3 is 2.41 bits per heavy atom. The van der Waals surface area contributed by atoms with Gasteiger partial charge in [-0.2, -0.15) is 0 Å². The highest BCUT2D eigenvalue weighted by molar-refractivity contribution is 6.30. The lowest BCUT2D eigenvalue weighted by Gasteiger charge is -2.15. The molecule has 1 aromatic heterocycles. The van der Waals surface area contributed by atoms with Crippen LogP contribution in [0.25, 0.3) is 10.9 Å². The zero-order valence-electron chi connectivity index (χ0n) is 16.3. The summed E-state index contributed by atoms with van der Waals surface area (Å²) in [6.07, 6.45) is -0.824. The normalized spacial score (nSPS) is 11.7. The van der Waals surface area contributed by atoms with Crippen LogP contribution < -0.4 is 9.47 Å². The summed E-state index contributed by atoms with van der Waals surface area (Å²) in [5.74, 6) is 0.580. The first-order valence-corrected chi connectivity index (χ1v) is 9.32. The molecule has 6 nitrogen and oxygen atoms in total. The summed E-state index contributed by atoms with van der Waals surface area (Å²) in [5.41, 5.74) is 1.86.